The van der Waals surface area contributed by atoms with E-state index < -0.39 is 0 Å². The minimum atomic E-state index is -0.167. The van der Waals surface area contributed by atoms with Crippen molar-refractivity contribution in [3.8, 4) is 11.3 Å². The SMILES string of the molecule is Cc1cc2cc(n1)-c1cnn(C)c1CCCC(C1CC1)n1c(nc3ccc(N(C)C(C)CN(C)C)cc31)NC2=O. The zero-order valence-electron chi connectivity index (χ0n) is 24.5. The lowest BCUT2D eigenvalue weighted by Crippen LogP contribution is -2.37. The molecule has 3 aromatic heterocycles. The summed E-state index contributed by atoms with van der Waals surface area (Å²) in [5, 5.41) is 7.76. The second-order valence-corrected chi connectivity index (χ2v) is 12.0. The summed E-state index contributed by atoms with van der Waals surface area (Å²) in [7, 11) is 8.37. The zero-order valence-corrected chi connectivity index (χ0v) is 24.5. The number of imidazole rings is 1. The Kier molecular flexibility index (Phi) is 6.86. The minimum absolute atomic E-state index is 0.167. The lowest BCUT2D eigenvalue weighted by molar-refractivity contribution is 0.102. The fourth-order valence-corrected chi connectivity index (χ4v) is 6.25. The molecule has 2 bridgehead atoms. The Morgan fingerprint density at radius 1 is 1.10 bits per heavy atom. The van der Waals surface area contributed by atoms with Gasteiger partial charge in [-0.15, -0.1) is 0 Å². The maximum Gasteiger partial charge on any atom is 0.258 e. The van der Waals surface area contributed by atoms with Gasteiger partial charge in [0.25, 0.3) is 5.91 Å². The van der Waals surface area contributed by atoms with E-state index >= 15 is 0 Å². The fraction of sp³-hybridized carbons (Fsp3) is 0.484. The van der Waals surface area contributed by atoms with Crippen LogP contribution in [0.4, 0.5) is 11.6 Å². The molecule has 4 aromatic rings. The van der Waals surface area contributed by atoms with Crippen molar-refractivity contribution in [3.05, 3.63) is 53.5 Å². The Hall–Kier alpha value is -3.72. The summed E-state index contributed by atoms with van der Waals surface area (Å²) in [6, 6.07) is 10.8. The van der Waals surface area contributed by atoms with Gasteiger partial charge in [-0.1, -0.05) is 0 Å². The highest BCUT2D eigenvalue weighted by molar-refractivity contribution is 6.05. The number of carbonyl (C=O) groups excluding carboxylic acids is 1. The van der Waals surface area contributed by atoms with E-state index in [-0.39, 0.29) is 11.9 Å². The van der Waals surface area contributed by atoms with Gasteiger partial charge in [-0.25, -0.2) is 4.98 Å². The molecule has 1 aliphatic heterocycles. The third-order valence-electron chi connectivity index (χ3n) is 8.56. The lowest BCUT2D eigenvalue weighted by Gasteiger charge is -2.29. The largest absolute Gasteiger partial charge is 0.371 e. The Labute approximate surface area is 236 Å². The first-order chi connectivity index (χ1) is 19.2. The van der Waals surface area contributed by atoms with E-state index in [2.05, 4.69) is 71.0 Å². The predicted molar refractivity (Wildman–Crippen MR) is 160 cm³/mol. The third-order valence-corrected chi connectivity index (χ3v) is 8.56. The highest BCUT2D eigenvalue weighted by Gasteiger charge is 2.35. The van der Waals surface area contributed by atoms with Crippen LogP contribution in [0.15, 0.2) is 36.5 Å². The maximum atomic E-state index is 13.7. The molecule has 0 saturated heterocycles. The molecule has 0 spiro atoms. The number of hydrogen-bond donors (Lipinski definition) is 1. The van der Waals surface area contributed by atoms with Gasteiger partial charge in [-0.05, 0) is 96.3 Å². The van der Waals surface area contributed by atoms with Crippen LogP contribution in [0.3, 0.4) is 0 Å². The van der Waals surface area contributed by atoms with Gasteiger partial charge in [0.15, 0.2) is 0 Å². The Morgan fingerprint density at radius 2 is 1.90 bits per heavy atom. The standard InChI is InChI=1S/C31H40N8O/c1-19-14-22-15-26(33-19)24-17-32-38(6)28(24)9-7-8-27(21-10-11-21)39-29-16-23(37(5)20(2)18-36(3)4)12-13-25(29)34-31(39)35-30(22)40/h12-17,20-21,27H,7-11,18H2,1-6H3,(H,34,35,40). The average molecular weight is 541 g/mol. The molecule has 2 unspecified atom stereocenters. The van der Waals surface area contributed by atoms with Crippen LogP contribution in [0, 0.1) is 12.8 Å². The Bertz CT molecular complexity index is 1560. The number of aromatic nitrogens is 5. The molecule has 1 aliphatic carbocycles. The molecule has 0 radical (unpaired) electrons. The second-order valence-electron chi connectivity index (χ2n) is 12.0. The van der Waals surface area contributed by atoms with Crippen LogP contribution in [0.2, 0.25) is 0 Å². The van der Waals surface area contributed by atoms with Crippen molar-refractivity contribution in [1.82, 2.24) is 29.2 Å². The summed E-state index contributed by atoms with van der Waals surface area (Å²) in [6.45, 7) is 5.14. The van der Waals surface area contributed by atoms with Crippen LogP contribution in [0.5, 0.6) is 0 Å². The summed E-state index contributed by atoms with van der Waals surface area (Å²) in [4.78, 5) is 28.0. The second kappa shape index (κ2) is 10.4. The number of amides is 1. The number of rotatable bonds is 5. The molecule has 1 saturated carbocycles. The number of aryl methyl sites for hydroxylation is 2. The molecule has 9 heteroatoms. The highest BCUT2D eigenvalue weighted by atomic mass is 16.1. The van der Waals surface area contributed by atoms with E-state index in [1.807, 2.05) is 37.0 Å². The minimum Gasteiger partial charge on any atom is -0.371 e. The van der Waals surface area contributed by atoms with E-state index in [0.29, 0.717) is 23.5 Å². The first-order valence-electron chi connectivity index (χ1n) is 14.4. The van der Waals surface area contributed by atoms with Gasteiger partial charge in [0, 0.05) is 60.9 Å². The molecule has 1 N–H and O–H groups in total. The van der Waals surface area contributed by atoms with Gasteiger partial charge < -0.3 is 14.4 Å². The van der Waals surface area contributed by atoms with Crippen molar-refractivity contribution >= 4 is 28.6 Å². The van der Waals surface area contributed by atoms with E-state index in [9.17, 15) is 4.79 Å². The number of benzene rings is 1. The highest BCUT2D eigenvalue weighted by Crippen LogP contribution is 2.45. The molecule has 1 aromatic carbocycles. The van der Waals surface area contributed by atoms with Crippen molar-refractivity contribution in [1.29, 1.82) is 0 Å². The summed E-state index contributed by atoms with van der Waals surface area (Å²) in [5.41, 5.74) is 7.48. The van der Waals surface area contributed by atoms with Crippen LogP contribution in [0.25, 0.3) is 22.3 Å². The van der Waals surface area contributed by atoms with E-state index in [4.69, 9.17) is 9.97 Å². The summed E-state index contributed by atoms with van der Waals surface area (Å²) in [5.74, 6) is 1.05. The van der Waals surface area contributed by atoms with Gasteiger partial charge in [-0.3, -0.25) is 19.8 Å². The Balaban J connectivity index is 1.47. The molecule has 6 rings (SSSR count). The van der Waals surface area contributed by atoms with Gasteiger partial charge in [0.2, 0.25) is 5.95 Å². The van der Waals surface area contributed by atoms with Crippen LogP contribution in [0.1, 0.15) is 60.4 Å². The van der Waals surface area contributed by atoms with Gasteiger partial charge in [-0.2, -0.15) is 5.10 Å². The van der Waals surface area contributed by atoms with E-state index in [0.717, 1.165) is 65.2 Å². The molecule has 2 aliphatic rings. The van der Waals surface area contributed by atoms with Crippen molar-refractivity contribution in [3.63, 3.8) is 0 Å². The number of hydrogen-bond acceptors (Lipinski definition) is 6. The first-order valence-corrected chi connectivity index (χ1v) is 14.4. The van der Waals surface area contributed by atoms with Gasteiger partial charge in [0.1, 0.15) is 0 Å². The van der Waals surface area contributed by atoms with Crippen molar-refractivity contribution in [2.24, 2.45) is 13.0 Å². The maximum absolute atomic E-state index is 13.7. The molecule has 1 amide bonds. The van der Waals surface area contributed by atoms with E-state index in [1.165, 1.54) is 12.8 Å². The quantitative estimate of drug-likeness (QED) is 0.381. The Morgan fingerprint density at radius 3 is 2.65 bits per heavy atom. The van der Waals surface area contributed by atoms with Crippen molar-refractivity contribution < 1.29 is 4.79 Å². The van der Waals surface area contributed by atoms with Gasteiger partial charge in [0.05, 0.1) is 22.9 Å². The molecule has 4 heterocycles. The summed E-state index contributed by atoms with van der Waals surface area (Å²) < 4.78 is 4.29. The molecule has 9 nitrogen and oxygen atoms in total. The normalized spacial score (nSPS) is 18.4. The van der Waals surface area contributed by atoms with Crippen LogP contribution < -0.4 is 10.2 Å². The van der Waals surface area contributed by atoms with Crippen molar-refractivity contribution in [2.75, 3.05) is 37.9 Å². The molecular weight excluding hydrogens is 500 g/mol. The number of nitrogens with one attached hydrogen (secondary N) is 1. The number of likely N-dealkylation sites (N-methyl/N-ethyl adjacent to an activating group) is 2. The predicted octanol–water partition coefficient (Wildman–Crippen LogP) is 5.07. The number of pyridine rings is 1. The smallest absolute Gasteiger partial charge is 0.258 e. The lowest BCUT2D eigenvalue weighted by atomic mass is 10.0. The monoisotopic (exact) mass is 540 g/mol. The third kappa shape index (κ3) is 4.98. The molecule has 40 heavy (non-hydrogen) atoms. The van der Waals surface area contributed by atoms with Crippen LogP contribution in [-0.4, -0.2) is 68.9 Å². The zero-order chi connectivity index (χ0) is 28.1. The van der Waals surface area contributed by atoms with Crippen molar-refractivity contribution in [2.45, 2.75) is 58.0 Å². The summed E-state index contributed by atoms with van der Waals surface area (Å²) in [6.07, 6.45) is 7.21. The first kappa shape index (κ1) is 26.5. The summed E-state index contributed by atoms with van der Waals surface area (Å²) >= 11 is 0. The number of carbonyl (C=O) groups is 1. The molecule has 1 fully saturated rings. The average Bonchev–Trinajstić information content (AvgIpc) is 3.60. The number of anilines is 2. The fourth-order valence-electron chi connectivity index (χ4n) is 6.25. The van der Waals surface area contributed by atoms with Crippen LogP contribution in [-0.2, 0) is 13.5 Å². The molecule has 2 atom stereocenters. The molecular formula is C31H40N8O. The molecule has 210 valence electrons. The number of fused-ring (bicyclic) bond motifs is 7. The van der Waals surface area contributed by atoms with Crippen LogP contribution >= 0.6 is 0 Å². The topological polar surface area (TPSA) is 84.1 Å². The van der Waals surface area contributed by atoms with Gasteiger partial charge >= 0.3 is 0 Å². The van der Waals surface area contributed by atoms with E-state index in [1.54, 1.807) is 0 Å². The number of nitrogens with zero attached hydrogens (tertiary/aromatic N) is 7.